The highest BCUT2D eigenvalue weighted by Gasteiger charge is 2.15. The van der Waals surface area contributed by atoms with E-state index in [9.17, 15) is 9.59 Å². The van der Waals surface area contributed by atoms with Gasteiger partial charge in [0.2, 0.25) is 11.8 Å². The van der Waals surface area contributed by atoms with Gasteiger partial charge in [0.1, 0.15) is 11.1 Å². The van der Waals surface area contributed by atoms with Gasteiger partial charge in [0, 0.05) is 10.7 Å². The fourth-order valence-electron chi connectivity index (χ4n) is 2.26. The molecule has 136 valence electrons. The summed E-state index contributed by atoms with van der Waals surface area (Å²) in [6.45, 7) is 4.42. The third kappa shape index (κ3) is 5.56. The Morgan fingerprint density at radius 2 is 1.92 bits per heavy atom. The van der Waals surface area contributed by atoms with Crippen molar-refractivity contribution in [2.45, 2.75) is 13.8 Å². The minimum atomic E-state index is -0.266. The minimum Gasteiger partial charge on any atom is -0.325 e. The number of amides is 2. The summed E-state index contributed by atoms with van der Waals surface area (Å²) in [4.78, 5) is 26.2. The van der Waals surface area contributed by atoms with Crippen molar-refractivity contribution >= 4 is 45.4 Å². The van der Waals surface area contributed by atoms with Crippen LogP contribution in [0.2, 0.25) is 5.02 Å². The summed E-state index contributed by atoms with van der Waals surface area (Å²) in [5.41, 5.74) is 1.99. The number of anilines is 2. The fourth-order valence-corrected chi connectivity index (χ4v) is 3.19. The molecule has 0 atom stereocenters. The number of likely N-dealkylation sites (N-methyl/N-ethyl adjacent to an activating group) is 1. The third-order valence-corrected chi connectivity index (χ3v) is 4.76. The zero-order valence-corrected chi connectivity index (χ0v) is 16.1. The van der Waals surface area contributed by atoms with E-state index < -0.39 is 0 Å². The summed E-state index contributed by atoms with van der Waals surface area (Å²) in [6, 6.07) is 8.96. The number of benzene rings is 1. The number of carbonyl (C=O) groups is 2. The number of nitriles is 1. The Morgan fingerprint density at radius 1 is 1.23 bits per heavy atom. The quantitative estimate of drug-likeness (QED) is 0.757. The SMILES string of the molecule is CCN(CC(=O)Nc1cc(Cl)ccc1C)CC(=O)Nc1sccc1C#N. The van der Waals surface area contributed by atoms with Crippen molar-refractivity contribution in [1.29, 1.82) is 5.26 Å². The lowest BCUT2D eigenvalue weighted by Gasteiger charge is -2.19. The Morgan fingerprint density at radius 3 is 2.58 bits per heavy atom. The highest BCUT2D eigenvalue weighted by molar-refractivity contribution is 7.14. The lowest BCUT2D eigenvalue weighted by Crippen LogP contribution is -2.38. The summed E-state index contributed by atoms with van der Waals surface area (Å²) in [6.07, 6.45) is 0. The number of hydrogen-bond acceptors (Lipinski definition) is 5. The number of thiophene rings is 1. The van der Waals surface area contributed by atoms with E-state index in [1.165, 1.54) is 11.3 Å². The molecule has 0 fully saturated rings. The molecular formula is C18H19ClN4O2S. The molecule has 0 bridgehead atoms. The Balaban J connectivity index is 1.92. The van der Waals surface area contributed by atoms with Gasteiger partial charge in [-0.1, -0.05) is 24.6 Å². The molecule has 2 rings (SSSR count). The molecule has 8 heteroatoms. The van der Waals surface area contributed by atoms with Crippen LogP contribution in [0.4, 0.5) is 10.7 Å². The molecule has 1 aromatic heterocycles. The van der Waals surface area contributed by atoms with Crippen molar-refractivity contribution in [3.63, 3.8) is 0 Å². The largest absolute Gasteiger partial charge is 0.325 e. The molecule has 0 saturated heterocycles. The van der Waals surface area contributed by atoms with Gasteiger partial charge in [0.05, 0.1) is 18.7 Å². The lowest BCUT2D eigenvalue weighted by molar-refractivity contribution is -0.119. The fraction of sp³-hybridized carbons (Fsp3) is 0.278. The van der Waals surface area contributed by atoms with Gasteiger partial charge in [0.25, 0.3) is 0 Å². The predicted molar refractivity (Wildman–Crippen MR) is 105 cm³/mol. The molecule has 0 saturated carbocycles. The van der Waals surface area contributed by atoms with Crippen LogP contribution in [0, 0.1) is 18.3 Å². The van der Waals surface area contributed by atoms with E-state index in [1.807, 2.05) is 26.0 Å². The Bertz CT molecular complexity index is 844. The first-order valence-electron chi connectivity index (χ1n) is 7.98. The van der Waals surface area contributed by atoms with Gasteiger partial charge in [-0.3, -0.25) is 14.5 Å². The van der Waals surface area contributed by atoms with Crippen LogP contribution in [0.3, 0.4) is 0 Å². The van der Waals surface area contributed by atoms with Gasteiger partial charge in [-0.05, 0) is 42.6 Å². The van der Waals surface area contributed by atoms with Crippen LogP contribution in [0.25, 0.3) is 0 Å². The summed E-state index contributed by atoms with van der Waals surface area (Å²) in [5, 5.41) is 17.3. The van der Waals surface area contributed by atoms with Crippen LogP contribution < -0.4 is 10.6 Å². The molecule has 0 aliphatic heterocycles. The first-order valence-corrected chi connectivity index (χ1v) is 9.24. The van der Waals surface area contributed by atoms with Crippen molar-refractivity contribution < 1.29 is 9.59 Å². The van der Waals surface area contributed by atoms with Crippen LogP contribution in [0.1, 0.15) is 18.1 Å². The zero-order chi connectivity index (χ0) is 19.1. The van der Waals surface area contributed by atoms with Crippen LogP contribution in [-0.2, 0) is 9.59 Å². The van der Waals surface area contributed by atoms with E-state index in [2.05, 4.69) is 10.6 Å². The van der Waals surface area contributed by atoms with E-state index in [0.717, 1.165) is 5.56 Å². The number of aryl methyl sites for hydroxylation is 1. The highest BCUT2D eigenvalue weighted by atomic mass is 35.5. The maximum Gasteiger partial charge on any atom is 0.239 e. The smallest absolute Gasteiger partial charge is 0.239 e. The summed E-state index contributed by atoms with van der Waals surface area (Å²) in [7, 11) is 0. The van der Waals surface area contributed by atoms with Gasteiger partial charge < -0.3 is 10.6 Å². The van der Waals surface area contributed by atoms with Gasteiger partial charge in [0.15, 0.2) is 0 Å². The summed E-state index contributed by atoms with van der Waals surface area (Å²) in [5.74, 6) is -0.489. The average molecular weight is 391 g/mol. The van der Waals surface area contributed by atoms with Crippen LogP contribution in [0.5, 0.6) is 0 Å². The Hall–Kier alpha value is -2.40. The normalized spacial score (nSPS) is 10.4. The van der Waals surface area contributed by atoms with E-state index in [4.69, 9.17) is 16.9 Å². The van der Waals surface area contributed by atoms with Crippen LogP contribution in [-0.4, -0.2) is 36.3 Å². The van der Waals surface area contributed by atoms with Crippen molar-refractivity contribution in [1.82, 2.24) is 4.90 Å². The highest BCUT2D eigenvalue weighted by Crippen LogP contribution is 2.22. The maximum atomic E-state index is 12.3. The van der Waals surface area contributed by atoms with E-state index >= 15 is 0 Å². The first-order chi connectivity index (χ1) is 12.4. The molecule has 2 aromatic rings. The lowest BCUT2D eigenvalue weighted by atomic mass is 10.2. The van der Waals surface area contributed by atoms with Gasteiger partial charge in [-0.2, -0.15) is 5.26 Å². The number of carbonyl (C=O) groups excluding carboxylic acids is 2. The second-order valence-corrected chi connectivity index (χ2v) is 6.99. The molecular weight excluding hydrogens is 372 g/mol. The maximum absolute atomic E-state index is 12.3. The van der Waals surface area contributed by atoms with Gasteiger partial charge >= 0.3 is 0 Å². The molecule has 0 aliphatic carbocycles. The number of hydrogen-bond donors (Lipinski definition) is 2. The predicted octanol–water partition coefficient (Wildman–Crippen LogP) is 3.48. The molecule has 0 radical (unpaired) electrons. The van der Waals surface area contributed by atoms with Crippen LogP contribution in [0.15, 0.2) is 29.6 Å². The molecule has 2 amide bonds. The number of nitrogens with zero attached hydrogens (tertiary/aromatic N) is 2. The Kier molecular flexibility index (Phi) is 7.16. The second kappa shape index (κ2) is 9.34. The third-order valence-electron chi connectivity index (χ3n) is 3.69. The summed E-state index contributed by atoms with van der Waals surface area (Å²) >= 11 is 7.25. The standard InChI is InChI=1S/C18H19ClN4O2S/c1-3-23(11-17(25)22-18-13(9-20)6-7-26-18)10-16(24)21-15-8-14(19)5-4-12(15)2/h4-8H,3,10-11H2,1-2H3,(H,21,24)(H,22,25). The minimum absolute atomic E-state index is 0.0568. The van der Waals surface area contributed by atoms with Crippen molar-refractivity contribution in [3.05, 3.63) is 45.8 Å². The second-order valence-electron chi connectivity index (χ2n) is 5.63. The van der Waals surface area contributed by atoms with Crippen molar-refractivity contribution in [2.24, 2.45) is 0 Å². The zero-order valence-electron chi connectivity index (χ0n) is 14.5. The van der Waals surface area contributed by atoms with Gasteiger partial charge in [-0.25, -0.2) is 0 Å². The molecule has 1 aromatic carbocycles. The van der Waals surface area contributed by atoms with E-state index in [-0.39, 0.29) is 24.9 Å². The molecule has 1 heterocycles. The molecule has 0 spiro atoms. The van der Waals surface area contributed by atoms with E-state index in [1.54, 1.807) is 28.5 Å². The molecule has 0 unspecified atom stereocenters. The molecule has 0 aliphatic rings. The topological polar surface area (TPSA) is 85.2 Å². The molecule has 2 N–H and O–H groups in total. The average Bonchev–Trinajstić information content (AvgIpc) is 3.04. The van der Waals surface area contributed by atoms with Crippen LogP contribution >= 0.6 is 22.9 Å². The number of nitrogens with one attached hydrogen (secondary N) is 2. The van der Waals surface area contributed by atoms with Gasteiger partial charge in [-0.15, -0.1) is 11.3 Å². The monoisotopic (exact) mass is 390 g/mol. The molecule has 26 heavy (non-hydrogen) atoms. The Labute approximate surface area is 161 Å². The number of rotatable bonds is 7. The first kappa shape index (κ1) is 19.9. The van der Waals surface area contributed by atoms with Crippen molar-refractivity contribution in [3.8, 4) is 6.07 Å². The van der Waals surface area contributed by atoms with Crippen molar-refractivity contribution in [2.75, 3.05) is 30.3 Å². The van der Waals surface area contributed by atoms with E-state index in [0.29, 0.717) is 27.8 Å². The summed E-state index contributed by atoms with van der Waals surface area (Å²) < 4.78 is 0. The molecule has 6 nitrogen and oxygen atoms in total. The number of halogens is 1.